The summed E-state index contributed by atoms with van der Waals surface area (Å²) in [5, 5.41) is 9.10. The number of aromatic nitrogens is 2. The Hall–Kier alpha value is -1.10. The summed E-state index contributed by atoms with van der Waals surface area (Å²) >= 11 is 1.81. The third-order valence-electron chi connectivity index (χ3n) is 2.86. The molecule has 0 amide bonds. The van der Waals surface area contributed by atoms with Gasteiger partial charge in [-0.3, -0.25) is 4.79 Å². The van der Waals surface area contributed by atoms with Crippen LogP contribution in [0.2, 0.25) is 0 Å². The maximum Gasteiger partial charge on any atom is 0.310 e. The van der Waals surface area contributed by atoms with Crippen LogP contribution in [0.3, 0.4) is 0 Å². The summed E-state index contributed by atoms with van der Waals surface area (Å²) in [4.78, 5) is 20.0. The minimum Gasteiger partial charge on any atom is -0.481 e. The van der Waals surface area contributed by atoms with Gasteiger partial charge in [0.2, 0.25) is 0 Å². The Morgan fingerprint density at radius 2 is 1.74 bits per heavy atom. The van der Waals surface area contributed by atoms with Crippen molar-refractivity contribution in [3.63, 3.8) is 0 Å². The number of nitrogens with zero attached hydrogens (tertiary/aromatic N) is 2. The van der Waals surface area contributed by atoms with E-state index in [1.54, 1.807) is 6.92 Å². The second-order valence-electron chi connectivity index (χ2n) is 5.19. The molecule has 1 aromatic rings. The SMILES string of the molecule is Cc1nc(CSCC(C)C)nc(C)c1C(C)C(=O)O. The predicted molar refractivity (Wildman–Crippen MR) is 78.6 cm³/mol. The maximum absolute atomic E-state index is 11.1. The van der Waals surface area contributed by atoms with Gasteiger partial charge in [-0.2, -0.15) is 11.8 Å². The van der Waals surface area contributed by atoms with Crippen molar-refractivity contribution >= 4 is 17.7 Å². The first-order valence-electron chi connectivity index (χ1n) is 6.47. The lowest BCUT2D eigenvalue weighted by Gasteiger charge is -2.14. The van der Waals surface area contributed by atoms with Gasteiger partial charge in [-0.05, 0) is 32.4 Å². The van der Waals surface area contributed by atoms with E-state index < -0.39 is 11.9 Å². The lowest BCUT2D eigenvalue weighted by molar-refractivity contribution is -0.138. The van der Waals surface area contributed by atoms with E-state index in [4.69, 9.17) is 5.11 Å². The van der Waals surface area contributed by atoms with Crippen molar-refractivity contribution in [1.29, 1.82) is 0 Å². The van der Waals surface area contributed by atoms with E-state index in [0.29, 0.717) is 5.92 Å². The number of thioether (sulfide) groups is 1. The molecule has 0 saturated heterocycles. The minimum atomic E-state index is -0.836. The van der Waals surface area contributed by atoms with E-state index in [-0.39, 0.29) is 0 Å². The molecule has 19 heavy (non-hydrogen) atoms. The van der Waals surface area contributed by atoms with Gasteiger partial charge >= 0.3 is 5.97 Å². The molecule has 5 heteroatoms. The lowest BCUT2D eigenvalue weighted by Crippen LogP contribution is -2.14. The highest BCUT2D eigenvalue weighted by Gasteiger charge is 2.20. The Balaban J connectivity index is 2.88. The standard InChI is InChI=1S/C14H22N2O2S/c1-8(2)6-19-7-12-15-10(4)13(11(5)16-12)9(3)14(17)18/h8-9H,6-7H2,1-5H3,(H,17,18). The fourth-order valence-electron chi connectivity index (χ4n) is 2.00. The van der Waals surface area contributed by atoms with Crippen molar-refractivity contribution in [1.82, 2.24) is 9.97 Å². The molecule has 0 aliphatic rings. The summed E-state index contributed by atoms with van der Waals surface area (Å²) in [6.07, 6.45) is 0. The van der Waals surface area contributed by atoms with E-state index in [1.165, 1.54) is 0 Å². The van der Waals surface area contributed by atoms with E-state index in [0.717, 1.165) is 34.3 Å². The second kappa shape index (κ2) is 6.89. The molecule has 1 rings (SSSR count). The van der Waals surface area contributed by atoms with Gasteiger partial charge in [0.15, 0.2) is 0 Å². The molecule has 0 aliphatic heterocycles. The van der Waals surface area contributed by atoms with Crippen LogP contribution in [0, 0.1) is 19.8 Å². The van der Waals surface area contributed by atoms with Crippen molar-refractivity contribution in [3.05, 3.63) is 22.8 Å². The van der Waals surface area contributed by atoms with Crippen LogP contribution in [-0.4, -0.2) is 26.8 Å². The van der Waals surface area contributed by atoms with Crippen molar-refractivity contribution in [2.45, 2.75) is 46.3 Å². The molecule has 1 unspecified atom stereocenters. The van der Waals surface area contributed by atoms with Gasteiger partial charge in [-0.25, -0.2) is 9.97 Å². The Bertz CT molecular complexity index is 438. The Kier molecular flexibility index (Phi) is 5.79. The Morgan fingerprint density at radius 3 is 2.16 bits per heavy atom. The van der Waals surface area contributed by atoms with Crippen LogP contribution in [0.25, 0.3) is 0 Å². The fourth-order valence-corrected chi connectivity index (χ4v) is 2.90. The highest BCUT2D eigenvalue weighted by molar-refractivity contribution is 7.98. The van der Waals surface area contributed by atoms with Gasteiger partial charge in [0.05, 0.1) is 11.7 Å². The first-order valence-corrected chi connectivity index (χ1v) is 7.63. The second-order valence-corrected chi connectivity index (χ2v) is 6.22. The molecule has 1 atom stereocenters. The molecule has 1 heterocycles. The summed E-state index contributed by atoms with van der Waals surface area (Å²) in [7, 11) is 0. The number of hydrogen-bond donors (Lipinski definition) is 1. The van der Waals surface area contributed by atoms with Crippen molar-refractivity contribution in [3.8, 4) is 0 Å². The van der Waals surface area contributed by atoms with Gasteiger partial charge < -0.3 is 5.11 Å². The summed E-state index contributed by atoms with van der Waals surface area (Å²) in [5.74, 6) is 1.91. The zero-order valence-corrected chi connectivity index (χ0v) is 13.0. The first-order chi connectivity index (χ1) is 8.82. The van der Waals surface area contributed by atoms with E-state index in [2.05, 4.69) is 23.8 Å². The summed E-state index contributed by atoms with van der Waals surface area (Å²) in [6, 6.07) is 0. The lowest BCUT2D eigenvalue weighted by atomic mass is 9.98. The maximum atomic E-state index is 11.1. The van der Waals surface area contributed by atoms with Crippen LogP contribution in [0.15, 0.2) is 0 Å². The van der Waals surface area contributed by atoms with Crippen molar-refractivity contribution in [2.24, 2.45) is 5.92 Å². The molecule has 4 nitrogen and oxygen atoms in total. The molecule has 0 aromatic carbocycles. The number of carboxylic acids is 1. The number of hydrogen-bond acceptors (Lipinski definition) is 4. The molecule has 1 N–H and O–H groups in total. The van der Waals surface area contributed by atoms with Gasteiger partial charge in [-0.15, -0.1) is 0 Å². The molecular formula is C14H22N2O2S. The average Bonchev–Trinajstić information content (AvgIpc) is 2.27. The summed E-state index contributed by atoms with van der Waals surface area (Å²) in [6.45, 7) is 9.76. The van der Waals surface area contributed by atoms with Crippen LogP contribution in [-0.2, 0) is 10.5 Å². The van der Waals surface area contributed by atoms with E-state index >= 15 is 0 Å². The number of carboxylic acid groups (broad SMARTS) is 1. The molecule has 0 radical (unpaired) electrons. The Morgan fingerprint density at radius 1 is 1.21 bits per heavy atom. The van der Waals surface area contributed by atoms with E-state index in [9.17, 15) is 4.79 Å². The molecule has 0 saturated carbocycles. The molecule has 1 aromatic heterocycles. The highest BCUT2D eigenvalue weighted by atomic mass is 32.2. The number of rotatable bonds is 6. The van der Waals surface area contributed by atoms with Crippen LogP contribution < -0.4 is 0 Å². The zero-order chi connectivity index (χ0) is 14.6. The number of carbonyl (C=O) groups is 1. The number of aryl methyl sites for hydroxylation is 2. The fraction of sp³-hybridized carbons (Fsp3) is 0.643. The van der Waals surface area contributed by atoms with Gasteiger partial charge in [0.1, 0.15) is 5.82 Å². The molecule has 0 spiro atoms. The largest absolute Gasteiger partial charge is 0.481 e. The first kappa shape index (κ1) is 16.0. The van der Waals surface area contributed by atoms with Gasteiger partial charge in [0.25, 0.3) is 0 Å². The third-order valence-corrected chi connectivity index (χ3v) is 4.22. The van der Waals surface area contributed by atoms with Gasteiger partial charge in [0, 0.05) is 17.0 Å². The summed E-state index contributed by atoms with van der Waals surface area (Å²) in [5.41, 5.74) is 2.30. The zero-order valence-electron chi connectivity index (χ0n) is 12.2. The molecule has 0 bridgehead atoms. The normalized spacial score (nSPS) is 12.7. The molecular weight excluding hydrogens is 260 g/mol. The highest BCUT2D eigenvalue weighted by Crippen LogP contribution is 2.23. The molecule has 0 fully saturated rings. The van der Waals surface area contributed by atoms with Crippen LogP contribution in [0.5, 0.6) is 0 Å². The van der Waals surface area contributed by atoms with Crippen LogP contribution in [0.1, 0.15) is 49.5 Å². The quantitative estimate of drug-likeness (QED) is 0.868. The van der Waals surface area contributed by atoms with E-state index in [1.807, 2.05) is 25.6 Å². The molecule has 0 aliphatic carbocycles. The smallest absolute Gasteiger partial charge is 0.310 e. The van der Waals surface area contributed by atoms with Crippen molar-refractivity contribution in [2.75, 3.05) is 5.75 Å². The van der Waals surface area contributed by atoms with Crippen LogP contribution >= 0.6 is 11.8 Å². The average molecular weight is 282 g/mol. The van der Waals surface area contributed by atoms with Crippen molar-refractivity contribution < 1.29 is 9.90 Å². The van der Waals surface area contributed by atoms with Gasteiger partial charge in [-0.1, -0.05) is 13.8 Å². The predicted octanol–water partition coefficient (Wildman–Crippen LogP) is 3.17. The topological polar surface area (TPSA) is 63.1 Å². The third kappa shape index (κ3) is 4.49. The Labute approximate surface area is 119 Å². The molecule has 106 valence electrons. The monoisotopic (exact) mass is 282 g/mol. The number of aliphatic carboxylic acids is 1. The van der Waals surface area contributed by atoms with Crippen LogP contribution in [0.4, 0.5) is 0 Å². The minimum absolute atomic E-state index is 0.558. The summed E-state index contributed by atoms with van der Waals surface area (Å²) < 4.78 is 0.